The molecule has 1 aromatic heterocycles. The standard InChI is InChI=1S/C19H18F3N5O3/c1-29-13-6-7-14(15(9-13)30-2)17-25-18(27-26-17)24-16(28)10-23-12-5-3-4-11(8-12)19(20,21)22/h3-9,23H,10H2,1-2H3,(H2,24,25,26,27,28). The molecule has 1 amide bonds. The van der Waals surface area contributed by atoms with E-state index in [2.05, 4.69) is 25.8 Å². The zero-order valence-corrected chi connectivity index (χ0v) is 16.0. The second-order valence-electron chi connectivity index (χ2n) is 6.05. The quantitative estimate of drug-likeness (QED) is 0.539. The molecule has 0 aliphatic rings. The number of halogens is 3. The fourth-order valence-corrected chi connectivity index (χ4v) is 2.59. The molecule has 0 radical (unpaired) electrons. The van der Waals surface area contributed by atoms with Crippen LogP contribution in [0, 0.1) is 0 Å². The Morgan fingerprint density at radius 2 is 1.93 bits per heavy atom. The van der Waals surface area contributed by atoms with Gasteiger partial charge in [0.05, 0.1) is 31.9 Å². The van der Waals surface area contributed by atoms with Gasteiger partial charge in [0, 0.05) is 11.8 Å². The number of amides is 1. The number of methoxy groups -OCH3 is 2. The molecular weight excluding hydrogens is 403 g/mol. The second-order valence-corrected chi connectivity index (χ2v) is 6.05. The maximum absolute atomic E-state index is 12.7. The molecule has 0 bridgehead atoms. The number of H-pyrrole nitrogens is 1. The number of nitrogens with zero attached hydrogens (tertiary/aromatic N) is 2. The SMILES string of the molecule is COc1ccc(-c2nc(NC(=O)CNc3cccc(C(F)(F)F)c3)n[nH]2)c(OC)c1. The number of ether oxygens (including phenoxy) is 2. The lowest BCUT2D eigenvalue weighted by molar-refractivity contribution is -0.137. The lowest BCUT2D eigenvalue weighted by atomic mass is 10.2. The molecule has 30 heavy (non-hydrogen) atoms. The normalized spacial score (nSPS) is 11.1. The highest BCUT2D eigenvalue weighted by Crippen LogP contribution is 2.32. The highest BCUT2D eigenvalue weighted by atomic mass is 19.4. The summed E-state index contributed by atoms with van der Waals surface area (Å²) in [5, 5.41) is 11.7. The van der Waals surface area contributed by atoms with Crippen LogP contribution in [0.3, 0.4) is 0 Å². The van der Waals surface area contributed by atoms with E-state index < -0.39 is 17.6 Å². The van der Waals surface area contributed by atoms with Crippen LogP contribution in [0.15, 0.2) is 42.5 Å². The lowest BCUT2D eigenvalue weighted by Crippen LogP contribution is -2.22. The summed E-state index contributed by atoms with van der Waals surface area (Å²) in [5.74, 6) is 0.938. The monoisotopic (exact) mass is 421 g/mol. The van der Waals surface area contributed by atoms with E-state index in [9.17, 15) is 18.0 Å². The highest BCUT2D eigenvalue weighted by Gasteiger charge is 2.30. The number of aromatic nitrogens is 3. The van der Waals surface area contributed by atoms with Gasteiger partial charge >= 0.3 is 6.18 Å². The Kier molecular flexibility index (Phi) is 6.09. The van der Waals surface area contributed by atoms with E-state index in [0.29, 0.717) is 22.9 Å². The maximum atomic E-state index is 12.7. The Balaban J connectivity index is 1.63. The molecule has 3 N–H and O–H groups in total. The average Bonchev–Trinajstić information content (AvgIpc) is 3.19. The van der Waals surface area contributed by atoms with Gasteiger partial charge in [0.1, 0.15) is 11.5 Å². The van der Waals surface area contributed by atoms with E-state index in [4.69, 9.17) is 9.47 Å². The van der Waals surface area contributed by atoms with Crippen molar-refractivity contribution in [1.29, 1.82) is 0 Å². The fraction of sp³-hybridized carbons (Fsp3) is 0.211. The number of hydrogen-bond acceptors (Lipinski definition) is 6. The third-order valence-electron chi connectivity index (χ3n) is 4.04. The molecule has 3 aromatic rings. The smallest absolute Gasteiger partial charge is 0.416 e. The first-order valence-electron chi connectivity index (χ1n) is 8.66. The first-order valence-corrected chi connectivity index (χ1v) is 8.66. The summed E-state index contributed by atoms with van der Waals surface area (Å²) in [4.78, 5) is 16.3. The Morgan fingerprint density at radius 1 is 1.13 bits per heavy atom. The van der Waals surface area contributed by atoms with Crippen LogP contribution in [-0.2, 0) is 11.0 Å². The number of carbonyl (C=O) groups excluding carboxylic acids is 1. The van der Waals surface area contributed by atoms with Crippen LogP contribution in [0.25, 0.3) is 11.4 Å². The summed E-state index contributed by atoms with van der Waals surface area (Å²) >= 11 is 0. The number of benzene rings is 2. The first-order chi connectivity index (χ1) is 14.3. The number of hydrogen-bond donors (Lipinski definition) is 3. The summed E-state index contributed by atoms with van der Waals surface area (Å²) in [6.07, 6.45) is -4.46. The molecule has 0 aliphatic carbocycles. The second kappa shape index (κ2) is 8.72. The molecule has 3 rings (SSSR count). The number of aromatic amines is 1. The van der Waals surface area contributed by atoms with Crippen molar-refractivity contribution in [3.63, 3.8) is 0 Å². The summed E-state index contributed by atoms with van der Waals surface area (Å²) in [7, 11) is 3.03. The number of rotatable bonds is 7. The van der Waals surface area contributed by atoms with Gasteiger partial charge in [-0.1, -0.05) is 6.07 Å². The van der Waals surface area contributed by atoms with E-state index in [1.165, 1.54) is 26.4 Å². The molecule has 0 saturated carbocycles. The van der Waals surface area contributed by atoms with Crippen molar-refractivity contribution in [2.75, 3.05) is 31.4 Å². The predicted molar refractivity (Wildman–Crippen MR) is 103 cm³/mol. The summed E-state index contributed by atoms with van der Waals surface area (Å²) in [5.41, 5.74) is -0.0352. The van der Waals surface area contributed by atoms with Crippen LogP contribution >= 0.6 is 0 Å². The molecule has 11 heteroatoms. The molecule has 0 atom stereocenters. The molecule has 0 unspecified atom stereocenters. The van der Waals surface area contributed by atoms with Crippen LogP contribution in [0.5, 0.6) is 11.5 Å². The highest BCUT2D eigenvalue weighted by molar-refractivity contribution is 5.92. The van der Waals surface area contributed by atoms with Gasteiger partial charge in [-0.3, -0.25) is 15.2 Å². The zero-order valence-electron chi connectivity index (χ0n) is 16.0. The van der Waals surface area contributed by atoms with Gasteiger partial charge in [-0.2, -0.15) is 18.2 Å². The van der Waals surface area contributed by atoms with Crippen molar-refractivity contribution in [2.45, 2.75) is 6.18 Å². The molecule has 0 fully saturated rings. The number of nitrogens with one attached hydrogen (secondary N) is 3. The minimum atomic E-state index is -4.46. The van der Waals surface area contributed by atoms with E-state index >= 15 is 0 Å². The first kappa shape index (κ1) is 21.0. The maximum Gasteiger partial charge on any atom is 0.416 e. The van der Waals surface area contributed by atoms with Crippen molar-refractivity contribution in [2.24, 2.45) is 0 Å². The largest absolute Gasteiger partial charge is 0.497 e. The van der Waals surface area contributed by atoms with Gasteiger partial charge in [-0.25, -0.2) is 0 Å². The van der Waals surface area contributed by atoms with Crippen LogP contribution in [0.4, 0.5) is 24.8 Å². The Labute approximate surface area is 169 Å². The summed E-state index contributed by atoms with van der Waals surface area (Å²) in [6, 6.07) is 9.68. The molecule has 2 aromatic carbocycles. The van der Waals surface area contributed by atoms with Gasteiger partial charge in [0.25, 0.3) is 0 Å². The van der Waals surface area contributed by atoms with Crippen LogP contribution in [0.2, 0.25) is 0 Å². The van der Waals surface area contributed by atoms with Gasteiger partial charge in [0.15, 0.2) is 5.82 Å². The summed E-state index contributed by atoms with van der Waals surface area (Å²) in [6.45, 7) is -0.267. The van der Waals surface area contributed by atoms with E-state index in [1.807, 2.05) is 0 Å². The van der Waals surface area contributed by atoms with E-state index in [-0.39, 0.29) is 18.2 Å². The van der Waals surface area contributed by atoms with Crippen LogP contribution in [-0.4, -0.2) is 41.9 Å². The molecule has 158 valence electrons. The van der Waals surface area contributed by atoms with Gasteiger partial charge in [-0.05, 0) is 30.3 Å². The molecule has 0 spiro atoms. The van der Waals surface area contributed by atoms with Crippen molar-refractivity contribution in [3.8, 4) is 22.9 Å². The summed E-state index contributed by atoms with van der Waals surface area (Å²) < 4.78 is 48.7. The van der Waals surface area contributed by atoms with E-state index in [0.717, 1.165) is 12.1 Å². The number of carbonyl (C=O) groups is 1. The molecule has 0 aliphatic heterocycles. The molecular formula is C19H18F3N5O3. The van der Waals surface area contributed by atoms with Crippen LogP contribution in [0.1, 0.15) is 5.56 Å². The molecule has 1 heterocycles. The molecule has 0 saturated heterocycles. The topological polar surface area (TPSA) is 101 Å². The Hall–Kier alpha value is -3.76. The minimum Gasteiger partial charge on any atom is -0.497 e. The Bertz CT molecular complexity index is 1040. The van der Waals surface area contributed by atoms with Crippen molar-refractivity contribution < 1.29 is 27.4 Å². The average molecular weight is 421 g/mol. The predicted octanol–water partition coefficient (Wildman–Crippen LogP) is 3.56. The van der Waals surface area contributed by atoms with Gasteiger partial charge in [-0.15, -0.1) is 5.10 Å². The minimum absolute atomic E-state index is 0.0127. The zero-order chi connectivity index (χ0) is 21.7. The Morgan fingerprint density at radius 3 is 2.63 bits per heavy atom. The van der Waals surface area contributed by atoms with E-state index in [1.54, 1.807) is 18.2 Å². The number of anilines is 2. The molecule has 8 nitrogen and oxygen atoms in total. The van der Waals surface area contributed by atoms with Gasteiger partial charge < -0.3 is 14.8 Å². The lowest BCUT2D eigenvalue weighted by Gasteiger charge is -2.10. The van der Waals surface area contributed by atoms with Crippen molar-refractivity contribution in [3.05, 3.63) is 48.0 Å². The third kappa shape index (κ3) is 4.99. The van der Waals surface area contributed by atoms with Crippen LogP contribution < -0.4 is 20.1 Å². The van der Waals surface area contributed by atoms with Crippen molar-refractivity contribution >= 4 is 17.5 Å². The fourth-order valence-electron chi connectivity index (χ4n) is 2.59. The third-order valence-corrected chi connectivity index (χ3v) is 4.04. The number of alkyl halides is 3. The van der Waals surface area contributed by atoms with Crippen molar-refractivity contribution in [1.82, 2.24) is 15.2 Å². The van der Waals surface area contributed by atoms with Gasteiger partial charge in [0.2, 0.25) is 11.9 Å².